The van der Waals surface area contributed by atoms with Crippen molar-refractivity contribution in [3.8, 4) is 11.1 Å². The summed E-state index contributed by atoms with van der Waals surface area (Å²) in [5, 5.41) is 2.97. The third-order valence-electron chi connectivity index (χ3n) is 5.59. The van der Waals surface area contributed by atoms with E-state index in [1.807, 2.05) is 30.3 Å². The number of rotatable bonds is 5. The molecule has 1 aliphatic rings. The third-order valence-corrected chi connectivity index (χ3v) is 7.00. The number of aryl methyl sites for hydroxylation is 1. The molecule has 2 N–H and O–H groups in total. The van der Waals surface area contributed by atoms with Gasteiger partial charge in [0.1, 0.15) is 0 Å². The maximum Gasteiger partial charge on any atom is 0.255 e. The molecule has 0 atom stereocenters. The van der Waals surface area contributed by atoms with Gasteiger partial charge in [-0.3, -0.25) is 4.79 Å². The standard InChI is InChI=1S/C24H25N3O3S/c1-25-31(29,30)22-7-3-5-20(15-22)17-8-10-19(11-9-17)24(28)26-21-13-12-18-6-4-14-27(2)23(18)16-21/h3,5,7-13,15-16,25H,4,6,14H2,1-2H3,(H,26,28). The van der Waals surface area contributed by atoms with Crippen LogP contribution in [-0.4, -0.2) is 35.0 Å². The van der Waals surface area contributed by atoms with Crippen LogP contribution in [0.1, 0.15) is 22.3 Å². The van der Waals surface area contributed by atoms with Crippen molar-refractivity contribution >= 4 is 27.3 Å². The SMILES string of the molecule is CNS(=O)(=O)c1cccc(-c2ccc(C(=O)Nc3ccc4c(c3)N(C)CCC4)cc2)c1. The lowest BCUT2D eigenvalue weighted by Crippen LogP contribution is -2.24. The Bertz CT molecular complexity index is 1220. The summed E-state index contributed by atoms with van der Waals surface area (Å²) in [6, 6.07) is 19.9. The van der Waals surface area contributed by atoms with E-state index in [9.17, 15) is 13.2 Å². The molecule has 1 heterocycles. The van der Waals surface area contributed by atoms with Crippen molar-refractivity contribution in [3.63, 3.8) is 0 Å². The van der Waals surface area contributed by atoms with Crippen molar-refractivity contribution in [1.82, 2.24) is 4.72 Å². The lowest BCUT2D eigenvalue weighted by molar-refractivity contribution is 0.102. The Kier molecular flexibility index (Phi) is 5.80. The summed E-state index contributed by atoms with van der Waals surface area (Å²) >= 11 is 0. The average molecular weight is 436 g/mol. The number of amides is 1. The maximum absolute atomic E-state index is 12.7. The summed E-state index contributed by atoms with van der Waals surface area (Å²) in [5.41, 5.74) is 5.37. The summed E-state index contributed by atoms with van der Waals surface area (Å²) in [6.45, 7) is 1.02. The summed E-state index contributed by atoms with van der Waals surface area (Å²) in [4.78, 5) is 15.1. The molecule has 160 valence electrons. The number of nitrogens with zero attached hydrogens (tertiary/aromatic N) is 1. The van der Waals surface area contributed by atoms with Gasteiger partial charge in [-0.15, -0.1) is 0 Å². The number of hydrogen-bond acceptors (Lipinski definition) is 4. The highest BCUT2D eigenvalue weighted by Crippen LogP contribution is 2.29. The molecule has 0 bridgehead atoms. The highest BCUT2D eigenvalue weighted by atomic mass is 32.2. The lowest BCUT2D eigenvalue weighted by Gasteiger charge is -2.28. The molecule has 0 unspecified atom stereocenters. The normalized spacial score (nSPS) is 13.5. The highest BCUT2D eigenvalue weighted by Gasteiger charge is 2.15. The van der Waals surface area contributed by atoms with Crippen molar-refractivity contribution in [2.45, 2.75) is 17.7 Å². The van der Waals surface area contributed by atoms with Gasteiger partial charge in [0.2, 0.25) is 10.0 Å². The van der Waals surface area contributed by atoms with Gasteiger partial charge in [0.05, 0.1) is 4.90 Å². The minimum atomic E-state index is -3.51. The second kappa shape index (κ2) is 8.53. The zero-order chi connectivity index (χ0) is 22.0. The molecular weight excluding hydrogens is 410 g/mol. The van der Waals surface area contributed by atoms with E-state index in [4.69, 9.17) is 0 Å². The molecule has 0 saturated heterocycles. The average Bonchev–Trinajstić information content (AvgIpc) is 2.80. The summed E-state index contributed by atoms with van der Waals surface area (Å²) in [6.07, 6.45) is 2.21. The zero-order valence-corrected chi connectivity index (χ0v) is 18.4. The van der Waals surface area contributed by atoms with E-state index in [0.717, 1.165) is 41.9 Å². The van der Waals surface area contributed by atoms with Gasteiger partial charge in [-0.2, -0.15) is 0 Å². The topological polar surface area (TPSA) is 78.5 Å². The Balaban J connectivity index is 1.52. The Hall–Kier alpha value is -3.16. The molecule has 0 aromatic heterocycles. The van der Waals surface area contributed by atoms with Crippen LogP contribution in [0.3, 0.4) is 0 Å². The van der Waals surface area contributed by atoms with E-state index < -0.39 is 10.0 Å². The number of nitrogens with one attached hydrogen (secondary N) is 2. The smallest absolute Gasteiger partial charge is 0.255 e. The minimum Gasteiger partial charge on any atom is -0.374 e. The van der Waals surface area contributed by atoms with Crippen LogP contribution >= 0.6 is 0 Å². The molecule has 0 fully saturated rings. The first-order valence-corrected chi connectivity index (χ1v) is 11.7. The van der Waals surface area contributed by atoms with Crippen molar-refractivity contribution in [2.75, 3.05) is 30.9 Å². The van der Waals surface area contributed by atoms with Crippen LogP contribution < -0.4 is 14.9 Å². The van der Waals surface area contributed by atoms with Gasteiger partial charge in [-0.05, 0) is 73.0 Å². The molecule has 6 nitrogen and oxygen atoms in total. The first-order chi connectivity index (χ1) is 14.9. The van der Waals surface area contributed by atoms with Crippen LogP contribution in [0.25, 0.3) is 11.1 Å². The minimum absolute atomic E-state index is 0.184. The fraction of sp³-hybridized carbons (Fsp3) is 0.208. The van der Waals surface area contributed by atoms with Gasteiger partial charge in [0.25, 0.3) is 5.91 Å². The maximum atomic E-state index is 12.7. The molecule has 0 radical (unpaired) electrons. The second-order valence-corrected chi connectivity index (χ2v) is 9.52. The van der Waals surface area contributed by atoms with Gasteiger partial charge >= 0.3 is 0 Å². The van der Waals surface area contributed by atoms with Crippen molar-refractivity contribution < 1.29 is 13.2 Å². The number of carbonyl (C=O) groups excluding carboxylic acids is 1. The predicted molar refractivity (Wildman–Crippen MR) is 124 cm³/mol. The van der Waals surface area contributed by atoms with Gasteiger partial charge in [0.15, 0.2) is 0 Å². The quantitative estimate of drug-likeness (QED) is 0.637. The molecule has 31 heavy (non-hydrogen) atoms. The fourth-order valence-corrected chi connectivity index (χ4v) is 4.59. The summed E-state index contributed by atoms with van der Waals surface area (Å²) in [5.74, 6) is -0.184. The van der Waals surface area contributed by atoms with E-state index in [2.05, 4.69) is 28.1 Å². The van der Waals surface area contributed by atoms with E-state index in [1.54, 1.807) is 30.3 Å². The van der Waals surface area contributed by atoms with Crippen molar-refractivity contribution in [3.05, 3.63) is 77.9 Å². The van der Waals surface area contributed by atoms with Crippen LogP contribution in [0.15, 0.2) is 71.6 Å². The number of hydrogen-bond donors (Lipinski definition) is 2. The van der Waals surface area contributed by atoms with Crippen LogP contribution in [0, 0.1) is 0 Å². The number of fused-ring (bicyclic) bond motifs is 1. The molecule has 3 aromatic carbocycles. The molecule has 0 saturated carbocycles. The summed E-state index contributed by atoms with van der Waals surface area (Å²) in [7, 11) is -0.0596. The number of sulfonamides is 1. The Morgan fingerprint density at radius 1 is 0.968 bits per heavy atom. The monoisotopic (exact) mass is 435 g/mol. The molecular formula is C24H25N3O3S. The Morgan fingerprint density at radius 3 is 2.48 bits per heavy atom. The predicted octanol–water partition coefficient (Wildman–Crippen LogP) is 3.90. The molecule has 1 aliphatic heterocycles. The Labute approximate surface area is 183 Å². The zero-order valence-electron chi connectivity index (χ0n) is 17.6. The van der Waals surface area contributed by atoms with Gasteiger partial charge in [0, 0.05) is 30.5 Å². The third kappa shape index (κ3) is 4.47. The molecule has 4 rings (SSSR count). The lowest BCUT2D eigenvalue weighted by atomic mass is 10.0. The number of anilines is 2. The first kappa shape index (κ1) is 21.1. The van der Waals surface area contributed by atoms with Crippen LogP contribution in [-0.2, 0) is 16.4 Å². The molecule has 3 aromatic rings. The first-order valence-electron chi connectivity index (χ1n) is 10.2. The summed E-state index contributed by atoms with van der Waals surface area (Å²) < 4.78 is 26.4. The van der Waals surface area contributed by atoms with Gasteiger partial charge in [-0.25, -0.2) is 13.1 Å². The highest BCUT2D eigenvalue weighted by molar-refractivity contribution is 7.89. The van der Waals surface area contributed by atoms with E-state index in [-0.39, 0.29) is 10.8 Å². The number of carbonyl (C=O) groups is 1. The molecule has 1 amide bonds. The molecule has 0 spiro atoms. The Morgan fingerprint density at radius 2 is 1.74 bits per heavy atom. The molecule has 7 heteroatoms. The van der Waals surface area contributed by atoms with Crippen LogP contribution in [0.5, 0.6) is 0 Å². The molecule has 0 aliphatic carbocycles. The second-order valence-electron chi connectivity index (χ2n) is 7.64. The fourth-order valence-electron chi connectivity index (χ4n) is 3.81. The number of benzene rings is 3. The van der Waals surface area contributed by atoms with Gasteiger partial charge < -0.3 is 10.2 Å². The van der Waals surface area contributed by atoms with Crippen molar-refractivity contribution in [1.29, 1.82) is 0 Å². The van der Waals surface area contributed by atoms with Gasteiger partial charge in [-0.1, -0.05) is 30.3 Å². The van der Waals surface area contributed by atoms with E-state index >= 15 is 0 Å². The van der Waals surface area contributed by atoms with Crippen molar-refractivity contribution in [2.24, 2.45) is 0 Å². The van der Waals surface area contributed by atoms with E-state index in [0.29, 0.717) is 5.56 Å². The largest absolute Gasteiger partial charge is 0.374 e. The van der Waals surface area contributed by atoms with Crippen LogP contribution in [0.2, 0.25) is 0 Å². The van der Waals surface area contributed by atoms with E-state index in [1.165, 1.54) is 12.6 Å². The van der Waals surface area contributed by atoms with Crippen LogP contribution in [0.4, 0.5) is 11.4 Å².